The number of nitrogens with zero attached hydrogens (tertiary/aromatic N) is 3. The molecule has 0 radical (unpaired) electrons. The zero-order chi connectivity index (χ0) is 15.6. The SMILES string of the molecule is Cc1cc(N(C)C)ccc1N=C1C=CC(N(C)C)=CC1=S. The number of aryl methyl sites for hydroxylation is 1. The Labute approximate surface area is 132 Å². The molecule has 0 aromatic heterocycles. The second kappa shape index (κ2) is 6.22. The van der Waals surface area contributed by atoms with Gasteiger partial charge in [0.1, 0.15) is 0 Å². The molecule has 21 heavy (non-hydrogen) atoms. The lowest BCUT2D eigenvalue weighted by Gasteiger charge is -2.17. The third-order valence-electron chi connectivity index (χ3n) is 3.40. The Morgan fingerprint density at radius 3 is 2.24 bits per heavy atom. The predicted molar refractivity (Wildman–Crippen MR) is 96.1 cm³/mol. The molecular weight excluding hydrogens is 278 g/mol. The van der Waals surface area contributed by atoms with Crippen LogP contribution in [0.1, 0.15) is 5.56 Å². The van der Waals surface area contributed by atoms with Crippen molar-refractivity contribution in [2.45, 2.75) is 6.92 Å². The summed E-state index contributed by atoms with van der Waals surface area (Å²) in [6.07, 6.45) is 6.01. The number of rotatable bonds is 3. The summed E-state index contributed by atoms with van der Waals surface area (Å²) >= 11 is 5.44. The Bertz CT molecular complexity index is 652. The monoisotopic (exact) mass is 299 g/mol. The quantitative estimate of drug-likeness (QED) is 0.796. The van der Waals surface area contributed by atoms with E-state index >= 15 is 0 Å². The largest absolute Gasteiger partial charge is 0.378 e. The zero-order valence-electron chi connectivity index (χ0n) is 13.2. The van der Waals surface area contributed by atoms with Crippen LogP contribution in [0.2, 0.25) is 0 Å². The van der Waals surface area contributed by atoms with E-state index in [2.05, 4.69) is 24.0 Å². The Kier molecular flexibility index (Phi) is 4.58. The zero-order valence-corrected chi connectivity index (χ0v) is 14.0. The van der Waals surface area contributed by atoms with Gasteiger partial charge in [-0.25, -0.2) is 4.99 Å². The van der Waals surface area contributed by atoms with Gasteiger partial charge in [0.25, 0.3) is 0 Å². The minimum absolute atomic E-state index is 0.775. The first-order valence-corrected chi connectivity index (χ1v) is 7.27. The molecule has 0 N–H and O–H groups in total. The standard InChI is InChI=1S/C17H21N3S/c1-12-10-13(19(2)3)6-8-15(12)18-16-9-7-14(20(4)5)11-17(16)21/h6-11H,1-5H3. The summed E-state index contributed by atoms with van der Waals surface area (Å²) in [5, 5.41) is 0. The van der Waals surface area contributed by atoms with Crippen LogP contribution < -0.4 is 4.90 Å². The van der Waals surface area contributed by atoms with Crippen molar-refractivity contribution in [2.24, 2.45) is 4.99 Å². The molecule has 4 heteroatoms. The minimum Gasteiger partial charge on any atom is -0.378 e. The van der Waals surface area contributed by atoms with Gasteiger partial charge < -0.3 is 9.80 Å². The average molecular weight is 299 g/mol. The molecule has 3 nitrogen and oxygen atoms in total. The van der Waals surface area contributed by atoms with E-state index in [0.717, 1.165) is 27.5 Å². The molecule has 2 rings (SSSR count). The molecule has 0 heterocycles. The number of allylic oxidation sites excluding steroid dienone is 3. The van der Waals surface area contributed by atoms with Crippen LogP contribution in [-0.2, 0) is 0 Å². The first-order chi connectivity index (χ1) is 9.88. The van der Waals surface area contributed by atoms with Crippen molar-refractivity contribution in [1.29, 1.82) is 0 Å². The Morgan fingerprint density at radius 1 is 1.00 bits per heavy atom. The summed E-state index contributed by atoms with van der Waals surface area (Å²) in [6.45, 7) is 2.07. The molecule has 0 spiro atoms. The molecule has 0 amide bonds. The molecule has 0 saturated heterocycles. The van der Waals surface area contributed by atoms with Crippen LogP contribution in [0, 0.1) is 6.92 Å². The van der Waals surface area contributed by atoms with Gasteiger partial charge in [-0.1, -0.05) is 12.2 Å². The van der Waals surface area contributed by atoms with Crippen LogP contribution in [0.4, 0.5) is 11.4 Å². The fraction of sp³-hybridized carbons (Fsp3) is 0.294. The summed E-state index contributed by atoms with van der Waals surface area (Å²) in [6, 6.07) is 6.25. The maximum Gasteiger partial charge on any atom is 0.0819 e. The van der Waals surface area contributed by atoms with E-state index in [9.17, 15) is 0 Å². The molecule has 1 aromatic carbocycles. The second-order valence-corrected chi connectivity index (χ2v) is 5.96. The number of hydrogen-bond acceptors (Lipinski definition) is 4. The van der Waals surface area contributed by atoms with Gasteiger partial charge in [0, 0.05) is 39.6 Å². The van der Waals surface area contributed by atoms with E-state index < -0.39 is 0 Å². The van der Waals surface area contributed by atoms with Gasteiger partial charge in [-0.15, -0.1) is 0 Å². The molecule has 0 saturated carbocycles. The summed E-state index contributed by atoms with van der Waals surface area (Å²) in [7, 11) is 8.08. The van der Waals surface area contributed by atoms with Crippen LogP contribution in [0.15, 0.2) is 47.1 Å². The number of hydrogen-bond donors (Lipinski definition) is 0. The van der Waals surface area contributed by atoms with Crippen molar-refractivity contribution in [1.82, 2.24) is 4.90 Å². The molecule has 1 aliphatic rings. The Balaban J connectivity index is 2.30. The number of anilines is 1. The normalized spacial score (nSPS) is 16.1. The average Bonchev–Trinajstić information content (AvgIpc) is 2.42. The summed E-state index contributed by atoms with van der Waals surface area (Å²) in [5.41, 5.74) is 5.22. The highest BCUT2D eigenvalue weighted by atomic mass is 32.1. The van der Waals surface area contributed by atoms with Crippen LogP contribution in [0.3, 0.4) is 0 Å². The number of aliphatic imine (C=N–C) groups is 1. The second-order valence-electron chi connectivity index (χ2n) is 5.52. The van der Waals surface area contributed by atoms with E-state index in [4.69, 9.17) is 17.2 Å². The van der Waals surface area contributed by atoms with Crippen molar-refractivity contribution in [3.8, 4) is 0 Å². The molecule has 0 unspecified atom stereocenters. The van der Waals surface area contributed by atoms with E-state index in [1.807, 2.05) is 57.4 Å². The highest BCUT2D eigenvalue weighted by Gasteiger charge is 2.10. The Hall–Kier alpha value is -1.94. The van der Waals surface area contributed by atoms with Gasteiger partial charge in [-0.3, -0.25) is 0 Å². The van der Waals surface area contributed by atoms with Gasteiger partial charge in [-0.2, -0.15) is 0 Å². The molecule has 0 fully saturated rings. The molecule has 110 valence electrons. The number of thiocarbonyl (C=S) groups is 1. The van der Waals surface area contributed by atoms with E-state index in [-0.39, 0.29) is 0 Å². The molecule has 1 aliphatic carbocycles. The maximum atomic E-state index is 5.44. The van der Waals surface area contributed by atoms with Crippen molar-refractivity contribution in [3.05, 3.63) is 47.7 Å². The number of likely N-dealkylation sites (N-methyl/N-ethyl adjacent to an activating group) is 1. The fourth-order valence-corrected chi connectivity index (χ4v) is 2.28. The van der Waals surface area contributed by atoms with Crippen molar-refractivity contribution in [2.75, 3.05) is 33.1 Å². The highest BCUT2D eigenvalue weighted by molar-refractivity contribution is 7.82. The van der Waals surface area contributed by atoms with Crippen LogP contribution >= 0.6 is 12.2 Å². The van der Waals surface area contributed by atoms with Crippen LogP contribution in [-0.4, -0.2) is 43.7 Å². The highest BCUT2D eigenvalue weighted by Crippen LogP contribution is 2.25. The summed E-state index contributed by atoms with van der Waals surface area (Å²) in [4.78, 5) is 9.60. The van der Waals surface area contributed by atoms with Gasteiger partial charge in [0.2, 0.25) is 0 Å². The van der Waals surface area contributed by atoms with Gasteiger partial charge in [0.15, 0.2) is 0 Å². The molecule has 0 bridgehead atoms. The molecule has 0 aliphatic heterocycles. The van der Waals surface area contributed by atoms with Crippen LogP contribution in [0.25, 0.3) is 0 Å². The third-order valence-corrected chi connectivity index (χ3v) is 3.72. The fourth-order valence-electron chi connectivity index (χ4n) is 2.05. The lowest BCUT2D eigenvalue weighted by molar-refractivity contribution is 0.531. The topological polar surface area (TPSA) is 18.8 Å². The molecular formula is C17H21N3S. The molecule has 1 aromatic rings. The van der Waals surface area contributed by atoms with Gasteiger partial charge in [-0.05, 0) is 48.9 Å². The van der Waals surface area contributed by atoms with E-state index in [1.54, 1.807) is 0 Å². The number of benzene rings is 1. The Morgan fingerprint density at radius 2 is 1.71 bits per heavy atom. The van der Waals surface area contributed by atoms with E-state index in [1.165, 1.54) is 5.69 Å². The smallest absolute Gasteiger partial charge is 0.0819 e. The third kappa shape index (κ3) is 3.58. The van der Waals surface area contributed by atoms with Crippen molar-refractivity contribution >= 4 is 34.2 Å². The lowest BCUT2D eigenvalue weighted by atomic mass is 10.1. The first-order valence-electron chi connectivity index (χ1n) is 6.86. The van der Waals surface area contributed by atoms with Gasteiger partial charge >= 0.3 is 0 Å². The summed E-state index contributed by atoms with van der Waals surface area (Å²) < 4.78 is 0. The van der Waals surface area contributed by atoms with Gasteiger partial charge in [0.05, 0.1) is 16.3 Å². The predicted octanol–water partition coefficient (Wildman–Crippen LogP) is 3.52. The maximum absolute atomic E-state index is 5.44. The summed E-state index contributed by atoms with van der Waals surface area (Å²) in [5.74, 6) is 0. The first kappa shape index (κ1) is 15.4. The van der Waals surface area contributed by atoms with Crippen molar-refractivity contribution < 1.29 is 0 Å². The molecule has 0 atom stereocenters. The minimum atomic E-state index is 0.775. The van der Waals surface area contributed by atoms with Crippen molar-refractivity contribution in [3.63, 3.8) is 0 Å². The van der Waals surface area contributed by atoms with E-state index in [0.29, 0.717) is 0 Å². The van der Waals surface area contributed by atoms with Crippen LogP contribution in [0.5, 0.6) is 0 Å². The lowest BCUT2D eigenvalue weighted by Crippen LogP contribution is -2.17.